The molecule has 0 spiro atoms. The molecule has 0 aliphatic carbocycles. The first-order valence-electron chi connectivity index (χ1n) is 7.58. The van der Waals surface area contributed by atoms with Crippen molar-refractivity contribution in [1.29, 1.82) is 0 Å². The molecule has 0 aromatic carbocycles. The van der Waals surface area contributed by atoms with Gasteiger partial charge in [0.15, 0.2) is 22.6 Å². The predicted molar refractivity (Wildman–Crippen MR) is 85.8 cm³/mol. The van der Waals surface area contributed by atoms with Gasteiger partial charge >= 0.3 is 0 Å². The van der Waals surface area contributed by atoms with Crippen LogP contribution < -0.4 is 0 Å². The molecule has 0 saturated carbocycles. The van der Waals surface area contributed by atoms with Gasteiger partial charge in [0.05, 0.1) is 12.0 Å². The summed E-state index contributed by atoms with van der Waals surface area (Å²) in [6.45, 7) is 7.06. The molecule has 0 atom stereocenters. The predicted octanol–water partition coefficient (Wildman–Crippen LogP) is 3.43. The topological polar surface area (TPSA) is 82.8 Å². The fourth-order valence-electron chi connectivity index (χ4n) is 2.18. The lowest BCUT2D eigenvalue weighted by Gasteiger charge is -2.04. The SMILES string of the molecule is CCn1c(SCc2noc(CC(C)C)n2)nnc1-c1ccco1. The standard InChI is InChI=1S/C15H19N5O2S/c1-4-20-14(11-6-5-7-21-11)17-18-15(20)23-9-12-16-13(22-19-12)8-10(2)3/h5-7,10H,4,8-9H2,1-3H3. The first-order valence-corrected chi connectivity index (χ1v) is 8.57. The Morgan fingerprint density at radius 1 is 1.30 bits per heavy atom. The van der Waals surface area contributed by atoms with E-state index in [0.29, 0.717) is 29.1 Å². The molecule has 8 heteroatoms. The average Bonchev–Trinajstić information content (AvgIpc) is 3.24. The zero-order chi connectivity index (χ0) is 16.2. The van der Waals surface area contributed by atoms with Crippen LogP contribution in [0.2, 0.25) is 0 Å². The van der Waals surface area contributed by atoms with Crippen molar-refractivity contribution in [3.63, 3.8) is 0 Å². The lowest BCUT2D eigenvalue weighted by atomic mass is 10.1. The van der Waals surface area contributed by atoms with E-state index in [4.69, 9.17) is 8.94 Å². The molecule has 0 aliphatic rings. The van der Waals surface area contributed by atoms with Crippen LogP contribution in [0.15, 0.2) is 32.5 Å². The summed E-state index contributed by atoms with van der Waals surface area (Å²) in [6, 6.07) is 3.72. The Morgan fingerprint density at radius 3 is 2.87 bits per heavy atom. The molecule has 23 heavy (non-hydrogen) atoms. The van der Waals surface area contributed by atoms with E-state index in [1.165, 1.54) is 11.8 Å². The van der Waals surface area contributed by atoms with Crippen LogP contribution in [0.1, 0.15) is 32.5 Å². The lowest BCUT2D eigenvalue weighted by Crippen LogP contribution is -1.99. The van der Waals surface area contributed by atoms with Crippen LogP contribution in [0, 0.1) is 5.92 Å². The lowest BCUT2D eigenvalue weighted by molar-refractivity contribution is 0.360. The van der Waals surface area contributed by atoms with E-state index >= 15 is 0 Å². The van der Waals surface area contributed by atoms with E-state index in [9.17, 15) is 0 Å². The summed E-state index contributed by atoms with van der Waals surface area (Å²) in [6.07, 6.45) is 2.43. The Kier molecular flexibility index (Phi) is 4.80. The van der Waals surface area contributed by atoms with Crippen molar-refractivity contribution in [1.82, 2.24) is 24.9 Å². The molecule has 0 fully saturated rings. The van der Waals surface area contributed by atoms with Gasteiger partial charge in [-0.1, -0.05) is 30.8 Å². The molecule has 7 nitrogen and oxygen atoms in total. The third kappa shape index (κ3) is 3.64. The van der Waals surface area contributed by atoms with Gasteiger partial charge in [-0.25, -0.2) is 0 Å². The number of thioether (sulfide) groups is 1. The minimum atomic E-state index is 0.495. The molecule has 0 radical (unpaired) electrons. The Balaban J connectivity index is 1.70. The second kappa shape index (κ2) is 6.99. The molecule has 0 bridgehead atoms. The fraction of sp³-hybridized carbons (Fsp3) is 0.467. The third-order valence-corrected chi connectivity index (χ3v) is 4.16. The maximum Gasteiger partial charge on any atom is 0.226 e. The van der Waals surface area contributed by atoms with Gasteiger partial charge in [-0.3, -0.25) is 4.57 Å². The van der Waals surface area contributed by atoms with Crippen LogP contribution in [-0.2, 0) is 18.7 Å². The van der Waals surface area contributed by atoms with Gasteiger partial charge in [0.2, 0.25) is 5.89 Å². The summed E-state index contributed by atoms with van der Waals surface area (Å²) in [5, 5.41) is 13.3. The molecule has 3 rings (SSSR count). The summed E-state index contributed by atoms with van der Waals surface area (Å²) in [5.74, 6) is 3.89. The van der Waals surface area contributed by atoms with Gasteiger partial charge < -0.3 is 8.94 Å². The van der Waals surface area contributed by atoms with Crippen molar-refractivity contribution in [2.45, 2.75) is 44.6 Å². The van der Waals surface area contributed by atoms with E-state index in [2.05, 4.69) is 41.1 Å². The van der Waals surface area contributed by atoms with Crippen molar-refractivity contribution in [2.75, 3.05) is 0 Å². The largest absolute Gasteiger partial charge is 0.461 e. The number of rotatable bonds is 7. The molecule has 3 aromatic rings. The molecule has 0 amide bonds. The summed E-state index contributed by atoms with van der Waals surface area (Å²) in [5.41, 5.74) is 0. The monoisotopic (exact) mass is 333 g/mol. The van der Waals surface area contributed by atoms with Crippen molar-refractivity contribution in [3.8, 4) is 11.6 Å². The Morgan fingerprint density at radius 2 is 2.17 bits per heavy atom. The molecule has 0 aliphatic heterocycles. The van der Waals surface area contributed by atoms with E-state index in [1.807, 2.05) is 16.7 Å². The molecular formula is C15H19N5O2S. The van der Waals surface area contributed by atoms with E-state index in [-0.39, 0.29) is 0 Å². The summed E-state index contributed by atoms with van der Waals surface area (Å²) in [4.78, 5) is 4.40. The summed E-state index contributed by atoms with van der Waals surface area (Å²) in [7, 11) is 0. The van der Waals surface area contributed by atoms with E-state index in [1.54, 1.807) is 6.26 Å². The van der Waals surface area contributed by atoms with Crippen LogP contribution >= 0.6 is 11.8 Å². The highest BCUT2D eigenvalue weighted by molar-refractivity contribution is 7.98. The Hall–Kier alpha value is -2.09. The summed E-state index contributed by atoms with van der Waals surface area (Å²) >= 11 is 1.54. The first-order chi connectivity index (χ1) is 11.2. The van der Waals surface area contributed by atoms with Crippen LogP contribution in [0.25, 0.3) is 11.6 Å². The Labute approximate surface area is 138 Å². The fourth-order valence-corrected chi connectivity index (χ4v) is 3.02. The smallest absolute Gasteiger partial charge is 0.226 e. The van der Waals surface area contributed by atoms with Crippen molar-refractivity contribution in [3.05, 3.63) is 30.1 Å². The number of hydrogen-bond donors (Lipinski definition) is 0. The average molecular weight is 333 g/mol. The quantitative estimate of drug-likeness (QED) is 0.612. The molecular weight excluding hydrogens is 314 g/mol. The van der Waals surface area contributed by atoms with Gasteiger partial charge in [0.1, 0.15) is 0 Å². The second-order valence-corrected chi connectivity index (χ2v) is 6.46. The minimum Gasteiger partial charge on any atom is -0.461 e. The number of nitrogens with zero attached hydrogens (tertiary/aromatic N) is 5. The zero-order valence-electron chi connectivity index (χ0n) is 13.4. The number of aromatic nitrogens is 5. The molecule has 0 saturated heterocycles. The molecule has 3 aromatic heterocycles. The highest BCUT2D eigenvalue weighted by Crippen LogP contribution is 2.26. The van der Waals surface area contributed by atoms with Crippen molar-refractivity contribution in [2.24, 2.45) is 5.92 Å². The number of hydrogen-bond acceptors (Lipinski definition) is 7. The van der Waals surface area contributed by atoms with Crippen LogP contribution in [0.5, 0.6) is 0 Å². The first kappa shape index (κ1) is 15.8. The van der Waals surface area contributed by atoms with Gasteiger partial charge in [-0.15, -0.1) is 10.2 Å². The third-order valence-electron chi connectivity index (χ3n) is 3.20. The molecule has 0 N–H and O–H groups in total. The van der Waals surface area contributed by atoms with Gasteiger partial charge in [-0.05, 0) is 25.0 Å². The van der Waals surface area contributed by atoms with Crippen LogP contribution in [0.4, 0.5) is 0 Å². The van der Waals surface area contributed by atoms with Gasteiger partial charge in [0, 0.05) is 13.0 Å². The van der Waals surface area contributed by atoms with Crippen LogP contribution in [0.3, 0.4) is 0 Å². The Bertz CT molecular complexity index is 748. The van der Waals surface area contributed by atoms with Crippen molar-refractivity contribution < 1.29 is 8.94 Å². The highest BCUT2D eigenvalue weighted by Gasteiger charge is 2.16. The van der Waals surface area contributed by atoms with Gasteiger partial charge in [0.25, 0.3) is 0 Å². The van der Waals surface area contributed by atoms with E-state index in [0.717, 1.165) is 23.9 Å². The second-order valence-electron chi connectivity index (χ2n) is 5.52. The molecule has 0 unspecified atom stereocenters. The maximum atomic E-state index is 5.41. The van der Waals surface area contributed by atoms with Gasteiger partial charge in [-0.2, -0.15) is 4.98 Å². The van der Waals surface area contributed by atoms with Crippen molar-refractivity contribution >= 4 is 11.8 Å². The molecule has 122 valence electrons. The summed E-state index contributed by atoms with van der Waals surface area (Å²) < 4.78 is 12.7. The maximum absolute atomic E-state index is 5.41. The molecule has 3 heterocycles. The zero-order valence-corrected chi connectivity index (χ0v) is 14.2. The number of furan rings is 1. The van der Waals surface area contributed by atoms with Crippen LogP contribution in [-0.4, -0.2) is 24.9 Å². The minimum absolute atomic E-state index is 0.495. The normalized spacial score (nSPS) is 11.5. The van der Waals surface area contributed by atoms with E-state index < -0.39 is 0 Å². The highest BCUT2D eigenvalue weighted by atomic mass is 32.2.